The summed E-state index contributed by atoms with van der Waals surface area (Å²) < 4.78 is 44.0. The van der Waals surface area contributed by atoms with Crippen molar-refractivity contribution in [2.24, 2.45) is 0 Å². The first-order valence-electron chi connectivity index (χ1n) is 8.22. The van der Waals surface area contributed by atoms with E-state index in [1.807, 2.05) is 6.92 Å². The van der Waals surface area contributed by atoms with Gasteiger partial charge in [0, 0.05) is 19.0 Å². The van der Waals surface area contributed by atoms with E-state index in [1.54, 1.807) is 17.0 Å². The number of aromatic nitrogens is 2. The van der Waals surface area contributed by atoms with Gasteiger partial charge in [-0.2, -0.15) is 18.3 Å². The molecule has 5 nitrogen and oxygen atoms in total. The Balaban J connectivity index is 1.57. The number of amides is 1. The molecule has 1 aromatic heterocycles. The van der Waals surface area contributed by atoms with E-state index in [1.165, 1.54) is 12.1 Å². The van der Waals surface area contributed by atoms with Gasteiger partial charge in [0.1, 0.15) is 6.10 Å². The monoisotopic (exact) mass is 365 g/mol. The Morgan fingerprint density at radius 2 is 2.08 bits per heavy atom. The van der Waals surface area contributed by atoms with Crippen molar-refractivity contribution in [3.05, 3.63) is 53.2 Å². The number of benzene rings is 1. The zero-order valence-electron chi connectivity index (χ0n) is 14.2. The van der Waals surface area contributed by atoms with Gasteiger partial charge in [-0.3, -0.25) is 4.79 Å². The van der Waals surface area contributed by atoms with E-state index in [0.717, 1.165) is 17.8 Å². The van der Waals surface area contributed by atoms with E-state index in [-0.39, 0.29) is 18.4 Å². The van der Waals surface area contributed by atoms with Crippen LogP contribution in [0.1, 0.15) is 23.2 Å². The lowest BCUT2D eigenvalue weighted by molar-refractivity contribution is -0.138. The summed E-state index contributed by atoms with van der Waals surface area (Å²) in [5.74, 6) is 0.179. The molecular formula is C18H18F3N3O2. The second kappa shape index (κ2) is 7.31. The van der Waals surface area contributed by atoms with Gasteiger partial charge in [0.2, 0.25) is 11.8 Å². The van der Waals surface area contributed by atoms with Crippen LogP contribution in [-0.4, -0.2) is 40.2 Å². The first-order chi connectivity index (χ1) is 12.3. The van der Waals surface area contributed by atoms with E-state index in [0.29, 0.717) is 31.0 Å². The Kier molecular flexibility index (Phi) is 5.11. The highest BCUT2D eigenvalue weighted by Gasteiger charge is 2.31. The molecule has 0 radical (unpaired) electrons. The maximum absolute atomic E-state index is 12.8. The Bertz CT molecular complexity index is 778. The summed E-state index contributed by atoms with van der Waals surface area (Å²) in [7, 11) is 0. The van der Waals surface area contributed by atoms with Gasteiger partial charge in [0.15, 0.2) is 0 Å². The first kappa shape index (κ1) is 18.2. The Morgan fingerprint density at radius 3 is 2.77 bits per heavy atom. The molecule has 1 fully saturated rings. The number of hydrogen-bond acceptors (Lipinski definition) is 4. The standard InChI is InChI=1S/C18H18F3N3O2/c1-12-5-6-16(23-22-12)26-15-7-8-24(11-15)17(25)10-13-3-2-4-14(9-13)18(19,20)21/h2-6,9,15H,7-8,10-11H2,1H3. The summed E-state index contributed by atoms with van der Waals surface area (Å²) in [6.45, 7) is 2.70. The van der Waals surface area contributed by atoms with E-state index in [9.17, 15) is 18.0 Å². The van der Waals surface area contributed by atoms with Crippen LogP contribution in [0.25, 0.3) is 0 Å². The van der Waals surface area contributed by atoms with Gasteiger partial charge < -0.3 is 9.64 Å². The van der Waals surface area contributed by atoms with Crippen LogP contribution in [0.15, 0.2) is 36.4 Å². The molecule has 26 heavy (non-hydrogen) atoms. The Morgan fingerprint density at radius 1 is 1.27 bits per heavy atom. The van der Waals surface area contributed by atoms with Gasteiger partial charge >= 0.3 is 6.18 Å². The zero-order chi connectivity index (χ0) is 18.7. The second-order valence-electron chi connectivity index (χ2n) is 6.26. The number of carbonyl (C=O) groups excluding carboxylic acids is 1. The Hall–Kier alpha value is -2.64. The van der Waals surface area contributed by atoms with Crippen molar-refractivity contribution >= 4 is 5.91 Å². The molecule has 0 aliphatic carbocycles. The summed E-state index contributed by atoms with van der Waals surface area (Å²) in [4.78, 5) is 14.0. The molecule has 1 aliphatic heterocycles. The van der Waals surface area contributed by atoms with Crippen LogP contribution in [0.2, 0.25) is 0 Å². The third kappa shape index (κ3) is 4.50. The van der Waals surface area contributed by atoms with Gasteiger partial charge in [-0.05, 0) is 24.6 Å². The fourth-order valence-corrected chi connectivity index (χ4v) is 2.82. The molecule has 3 rings (SSSR count). The molecule has 1 amide bonds. The van der Waals surface area contributed by atoms with Crippen molar-refractivity contribution in [2.45, 2.75) is 32.0 Å². The number of aryl methyl sites for hydroxylation is 1. The normalized spacial score (nSPS) is 17.4. The molecule has 0 N–H and O–H groups in total. The number of likely N-dealkylation sites (tertiary alicyclic amines) is 1. The van der Waals surface area contributed by atoms with Crippen molar-refractivity contribution < 1.29 is 22.7 Å². The summed E-state index contributed by atoms with van der Waals surface area (Å²) in [6, 6.07) is 8.36. The predicted molar refractivity (Wildman–Crippen MR) is 87.5 cm³/mol. The van der Waals surface area contributed by atoms with Gasteiger partial charge in [0.25, 0.3) is 0 Å². The molecule has 1 unspecified atom stereocenters. The average Bonchev–Trinajstić information content (AvgIpc) is 3.05. The summed E-state index contributed by atoms with van der Waals surface area (Å²) in [6.07, 6.45) is -4.04. The molecule has 1 saturated heterocycles. The van der Waals surface area contributed by atoms with Crippen LogP contribution in [0, 0.1) is 6.92 Å². The van der Waals surface area contributed by atoms with Crippen LogP contribution in [0.3, 0.4) is 0 Å². The highest BCUT2D eigenvalue weighted by molar-refractivity contribution is 5.79. The van der Waals surface area contributed by atoms with Crippen LogP contribution >= 0.6 is 0 Å². The van der Waals surface area contributed by atoms with E-state index in [2.05, 4.69) is 10.2 Å². The SMILES string of the molecule is Cc1ccc(OC2CCN(C(=O)Cc3cccc(C(F)(F)F)c3)C2)nn1. The quantitative estimate of drug-likeness (QED) is 0.836. The largest absolute Gasteiger partial charge is 0.471 e. The maximum Gasteiger partial charge on any atom is 0.416 e. The van der Waals surface area contributed by atoms with Gasteiger partial charge in [0.05, 0.1) is 24.2 Å². The summed E-state index contributed by atoms with van der Waals surface area (Å²) in [5.41, 5.74) is 0.378. The minimum absolute atomic E-state index is 0.0685. The van der Waals surface area contributed by atoms with Crippen molar-refractivity contribution in [1.29, 1.82) is 0 Å². The van der Waals surface area contributed by atoms with Crippen LogP contribution in [0.5, 0.6) is 5.88 Å². The highest BCUT2D eigenvalue weighted by atomic mass is 19.4. The van der Waals surface area contributed by atoms with Gasteiger partial charge in [-0.1, -0.05) is 18.2 Å². The highest BCUT2D eigenvalue weighted by Crippen LogP contribution is 2.29. The van der Waals surface area contributed by atoms with Crippen molar-refractivity contribution in [3.63, 3.8) is 0 Å². The predicted octanol–water partition coefficient (Wildman–Crippen LogP) is 3.03. The molecule has 8 heteroatoms. The number of halogens is 3. The number of ether oxygens (including phenoxy) is 1. The number of rotatable bonds is 4. The lowest BCUT2D eigenvalue weighted by atomic mass is 10.1. The smallest absolute Gasteiger partial charge is 0.416 e. The third-order valence-corrected chi connectivity index (χ3v) is 4.17. The number of hydrogen-bond donors (Lipinski definition) is 0. The number of carbonyl (C=O) groups is 1. The molecule has 2 heterocycles. The number of alkyl halides is 3. The van der Waals surface area contributed by atoms with Crippen molar-refractivity contribution in [2.75, 3.05) is 13.1 Å². The topological polar surface area (TPSA) is 55.3 Å². The fourth-order valence-electron chi connectivity index (χ4n) is 2.82. The van der Waals surface area contributed by atoms with Crippen LogP contribution in [-0.2, 0) is 17.4 Å². The summed E-state index contributed by atoms with van der Waals surface area (Å²) in [5, 5.41) is 7.84. The van der Waals surface area contributed by atoms with Gasteiger partial charge in [-0.25, -0.2) is 0 Å². The first-order valence-corrected chi connectivity index (χ1v) is 8.22. The van der Waals surface area contributed by atoms with E-state index >= 15 is 0 Å². The van der Waals surface area contributed by atoms with E-state index in [4.69, 9.17) is 4.74 Å². The molecule has 0 saturated carbocycles. The Labute approximate surface area is 148 Å². The van der Waals surface area contributed by atoms with Gasteiger partial charge in [-0.15, -0.1) is 5.10 Å². The number of nitrogens with zero attached hydrogens (tertiary/aromatic N) is 3. The molecule has 0 spiro atoms. The molecule has 1 aliphatic rings. The fraction of sp³-hybridized carbons (Fsp3) is 0.389. The lowest BCUT2D eigenvalue weighted by Crippen LogP contribution is -2.32. The molecule has 138 valence electrons. The minimum atomic E-state index is -4.42. The van der Waals surface area contributed by atoms with Crippen LogP contribution < -0.4 is 4.74 Å². The molecular weight excluding hydrogens is 347 g/mol. The maximum atomic E-state index is 12.8. The van der Waals surface area contributed by atoms with Crippen molar-refractivity contribution in [3.8, 4) is 5.88 Å². The molecule has 1 atom stereocenters. The van der Waals surface area contributed by atoms with Crippen LogP contribution in [0.4, 0.5) is 13.2 Å². The summed E-state index contributed by atoms with van der Waals surface area (Å²) >= 11 is 0. The minimum Gasteiger partial charge on any atom is -0.471 e. The molecule has 0 bridgehead atoms. The molecule has 2 aromatic rings. The molecule has 1 aromatic carbocycles. The lowest BCUT2D eigenvalue weighted by Gasteiger charge is -2.17. The average molecular weight is 365 g/mol. The van der Waals surface area contributed by atoms with E-state index < -0.39 is 11.7 Å². The zero-order valence-corrected chi connectivity index (χ0v) is 14.2. The van der Waals surface area contributed by atoms with Crippen molar-refractivity contribution in [1.82, 2.24) is 15.1 Å². The second-order valence-corrected chi connectivity index (χ2v) is 6.26. The third-order valence-electron chi connectivity index (χ3n) is 4.17.